The number of nitrogens with one attached hydrogen (secondary N) is 1. The number of aromatic nitrogens is 1. The molecule has 0 aliphatic heterocycles. The van der Waals surface area contributed by atoms with E-state index in [1.807, 2.05) is 12.1 Å². The lowest BCUT2D eigenvalue weighted by Crippen LogP contribution is -2.25. The lowest BCUT2D eigenvalue weighted by atomic mass is 10.1. The first kappa shape index (κ1) is 14.5. The van der Waals surface area contributed by atoms with Crippen LogP contribution in [0.15, 0.2) is 53.9 Å². The summed E-state index contributed by atoms with van der Waals surface area (Å²) in [7, 11) is 0. The van der Waals surface area contributed by atoms with Crippen LogP contribution in [0.4, 0.5) is 0 Å². The Morgan fingerprint density at radius 1 is 1.14 bits per heavy atom. The predicted molar refractivity (Wildman–Crippen MR) is 79.2 cm³/mol. The van der Waals surface area contributed by atoms with Gasteiger partial charge in [0, 0.05) is 30.1 Å². The summed E-state index contributed by atoms with van der Waals surface area (Å²) in [5, 5.41) is 14.3. The highest BCUT2D eigenvalue weighted by atomic mass is 16.4. The van der Waals surface area contributed by atoms with Gasteiger partial charge in [0.15, 0.2) is 5.84 Å². The van der Waals surface area contributed by atoms with Crippen LogP contribution >= 0.6 is 0 Å². The molecule has 4 N–H and O–H groups in total. The van der Waals surface area contributed by atoms with Gasteiger partial charge in [0.05, 0.1) is 0 Å². The molecule has 0 radical (unpaired) electrons. The number of nitrogens with two attached hydrogens (primary N) is 1. The number of carbonyl (C=O) groups is 1. The fraction of sp³-hybridized carbons (Fsp3) is 0.133. The van der Waals surface area contributed by atoms with E-state index in [-0.39, 0.29) is 11.7 Å². The van der Waals surface area contributed by atoms with Crippen molar-refractivity contribution in [1.29, 1.82) is 0 Å². The Morgan fingerprint density at radius 3 is 2.38 bits per heavy atom. The molecule has 0 unspecified atom stereocenters. The molecule has 108 valence electrons. The zero-order valence-corrected chi connectivity index (χ0v) is 11.4. The second-order valence-corrected chi connectivity index (χ2v) is 4.42. The molecule has 1 aromatic carbocycles. The number of carbonyl (C=O) groups excluding carboxylic acids is 1. The highest BCUT2D eigenvalue weighted by molar-refractivity contribution is 5.99. The summed E-state index contributed by atoms with van der Waals surface area (Å²) in [6.07, 6.45) is 4.20. The van der Waals surface area contributed by atoms with E-state index in [9.17, 15) is 4.79 Å². The highest BCUT2D eigenvalue weighted by Gasteiger charge is 2.06. The third-order valence-electron chi connectivity index (χ3n) is 3.00. The number of rotatable bonds is 5. The minimum absolute atomic E-state index is 0.0136. The van der Waals surface area contributed by atoms with E-state index >= 15 is 0 Å². The van der Waals surface area contributed by atoms with Crippen molar-refractivity contribution < 1.29 is 10.0 Å². The molecule has 6 heteroatoms. The molecule has 0 fully saturated rings. The number of benzene rings is 1. The summed E-state index contributed by atoms with van der Waals surface area (Å²) < 4.78 is 0. The number of hydrogen-bond acceptors (Lipinski definition) is 4. The van der Waals surface area contributed by atoms with Gasteiger partial charge in [-0.25, -0.2) is 0 Å². The van der Waals surface area contributed by atoms with Crippen molar-refractivity contribution in [2.45, 2.75) is 6.42 Å². The molecule has 1 heterocycles. The summed E-state index contributed by atoms with van der Waals surface area (Å²) in [5.41, 5.74) is 7.67. The fourth-order valence-electron chi connectivity index (χ4n) is 1.82. The van der Waals surface area contributed by atoms with E-state index in [0.717, 1.165) is 12.0 Å². The van der Waals surface area contributed by atoms with E-state index in [2.05, 4.69) is 15.5 Å². The molecule has 1 aromatic heterocycles. The van der Waals surface area contributed by atoms with Crippen LogP contribution in [0.5, 0.6) is 0 Å². The third kappa shape index (κ3) is 4.04. The lowest BCUT2D eigenvalue weighted by Gasteiger charge is -2.06. The number of amidine groups is 1. The molecular formula is C15H16N4O2. The molecule has 1 amide bonds. The molecule has 0 spiro atoms. The van der Waals surface area contributed by atoms with Crippen LogP contribution in [0.2, 0.25) is 0 Å². The van der Waals surface area contributed by atoms with Crippen molar-refractivity contribution in [3.63, 3.8) is 0 Å². The smallest absolute Gasteiger partial charge is 0.251 e. The summed E-state index contributed by atoms with van der Waals surface area (Å²) in [6.45, 7) is 0.546. The van der Waals surface area contributed by atoms with Gasteiger partial charge in [0.25, 0.3) is 5.91 Å². The molecule has 0 saturated carbocycles. The molecule has 0 atom stereocenters. The van der Waals surface area contributed by atoms with Crippen molar-refractivity contribution in [2.24, 2.45) is 10.9 Å². The van der Waals surface area contributed by atoms with Crippen LogP contribution in [-0.4, -0.2) is 28.5 Å². The Labute approximate surface area is 122 Å². The van der Waals surface area contributed by atoms with Crippen LogP contribution in [0.3, 0.4) is 0 Å². The topological polar surface area (TPSA) is 101 Å². The number of hydrogen-bond donors (Lipinski definition) is 3. The summed E-state index contributed by atoms with van der Waals surface area (Å²) in [4.78, 5) is 15.9. The van der Waals surface area contributed by atoms with Crippen LogP contribution in [0, 0.1) is 0 Å². The first-order valence-electron chi connectivity index (χ1n) is 6.46. The van der Waals surface area contributed by atoms with Gasteiger partial charge in [0.1, 0.15) is 0 Å². The lowest BCUT2D eigenvalue weighted by molar-refractivity contribution is 0.0954. The summed E-state index contributed by atoms with van der Waals surface area (Å²) in [6, 6.07) is 10.4. The zero-order chi connectivity index (χ0) is 15.1. The second kappa shape index (κ2) is 7.04. The van der Waals surface area contributed by atoms with E-state index < -0.39 is 0 Å². The maximum atomic E-state index is 12.0. The van der Waals surface area contributed by atoms with Gasteiger partial charge in [-0.2, -0.15) is 0 Å². The predicted octanol–water partition coefficient (Wildman–Crippen LogP) is 1.15. The van der Waals surface area contributed by atoms with Crippen LogP contribution in [0.25, 0.3) is 0 Å². The molecule has 0 aliphatic carbocycles. The monoisotopic (exact) mass is 284 g/mol. The van der Waals surface area contributed by atoms with E-state index in [1.54, 1.807) is 36.7 Å². The van der Waals surface area contributed by atoms with Gasteiger partial charge in [-0.3, -0.25) is 9.78 Å². The molecule has 21 heavy (non-hydrogen) atoms. The van der Waals surface area contributed by atoms with Gasteiger partial charge in [0.2, 0.25) is 0 Å². The van der Waals surface area contributed by atoms with Gasteiger partial charge in [-0.05, 0) is 36.2 Å². The summed E-state index contributed by atoms with van der Waals surface area (Å²) in [5.74, 6) is -0.144. The van der Waals surface area contributed by atoms with Gasteiger partial charge < -0.3 is 16.3 Å². The minimum Gasteiger partial charge on any atom is -0.409 e. The first-order valence-corrected chi connectivity index (χ1v) is 6.46. The molecule has 2 rings (SSSR count). The van der Waals surface area contributed by atoms with Gasteiger partial charge >= 0.3 is 0 Å². The average Bonchev–Trinajstić information content (AvgIpc) is 2.55. The van der Waals surface area contributed by atoms with E-state index in [4.69, 9.17) is 10.9 Å². The van der Waals surface area contributed by atoms with Crippen molar-refractivity contribution in [2.75, 3.05) is 6.54 Å². The molecule has 0 saturated heterocycles. The molecule has 0 aliphatic rings. The molecule has 6 nitrogen and oxygen atoms in total. The maximum absolute atomic E-state index is 12.0. The minimum atomic E-state index is -0.157. The molecule has 0 bridgehead atoms. The Kier molecular flexibility index (Phi) is 4.87. The van der Waals surface area contributed by atoms with Gasteiger partial charge in [-0.1, -0.05) is 17.3 Å². The number of oxime groups is 1. The van der Waals surface area contributed by atoms with Crippen LogP contribution in [-0.2, 0) is 6.42 Å². The zero-order valence-electron chi connectivity index (χ0n) is 11.4. The van der Waals surface area contributed by atoms with E-state index in [0.29, 0.717) is 17.7 Å². The van der Waals surface area contributed by atoms with Crippen molar-refractivity contribution >= 4 is 11.7 Å². The number of amides is 1. The normalized spacial score (nSPS) is 11.1. The molecule has 2 aromatic rings. The Hall–Kier alpha value is -2.89. The quantitative estimate of drug-likeness (QED) is 0.332. The van der Waals surface area contributed by atoms with Gasteiger partial charge in [-0.15, -0.1) is 0 Å². The summed E-state index contributed by atoms with van der Waals surface area (Å²) >= 11 is 0. The van der Waals surface area contributed by atoms with Crippen molar-refractivity contribution in [3.8, 4) is 0 Å². The average molecular weight is 284 g/mol. The third-order valence-corrected chi connectivity index (χ3v) is 3.00. The standard InChI is InChI=1S/C15H16N4O2/c16-14(19-21)12-1-3-13(4-2-12)15(20)18-10-7-11-5-8-17-9-6-11/h1-6,8-9,21H,7,10H2,(H2,16,19)(H,18,20). The van der Waals surface area contributed by atoms with E-state index in [1.165, 1.54) is 0 Å². The van der Waals surface area contributed by atoms with Crippen LogP contribution in [0.1, 0.15) is 21.5 Å². The SMILES string of the molecule is NC(=NO)c1ccc(C(=O)NCCc2ccncc2)cc1. The number of pyridine rings is 1. The Balaban J connectivity index is 1.89. The highest BCUT2D eigenvalue weighted by Crippen LogP contribution is 2.04. The van der Waals surface area contributed by atoms with Crippen molar-refractivity contribution in [3.05, 3.63) is 65.5 Å². The van der Waals surface area contributed by atoms with Crippen LogP contribution < -0.4 is 11.1 Å². The number of nitrogens with zero attached hydrogens (tertiary/aromatic N) is 2. The first-order chi connectivity index (χ1) is 10.2. The second-order valence-electron chi connectivity index (χ2n) is 4.42. The van der Waals surface area contributed by atoms with Crippen molar-refractivity contribution in [1.82, 2.24) is 10.3 Å². The molecular weight excluding hydrogens is 268 g/mol. The Morgan fingerprint density at radius 2 is 1.76 bits per heavy atom. The Bertz CT molecular complexity index is 624. The largest absolute Gasteiger partial charge is 0.409 e. The fourth-order valence-corrected chi connectivity index (χ4v) is 1.82. The maximum Gasteiger partial charge on any atom is 0.251 e.